The first-order chi connectivity index (χ1) is 13.5. The summed E-state index contributed by atoms with van der Waals surface area (Å²) in [5.41, 5.74) is 1.11. The van der Waals surface area contributed by atoms with Gasteiger partial charge in [0.05, 0.1) is 19.9 Å². The van der Waals surface area contributed by atoms with Gasteiger partial charge in [-0.1, -0.05) is 13.3 Å². The molecule has 2 N–H and O–H groups in total. The lowest BCUT2D eigenvalue weighted by molar-refractivity contribution is -0.118. The van der Waals surface area contributed by atoms with E-state index in [-0.39, 0.29) is 18.4 Å². The number of amides is 2. The smallest absolute Gasteiger partial charge is 0.262 e. The van der Waals surface area contributed by atoms with Crippen LogP contribution in [0, 0.1) is 0 Å². The van der Waals surface area contributed by atoms with Crippen LogP contribution in [-0.2, 0) is 9.59 Å². The molecule has 0 aromatic heterocycles. The number of methoxy groups -OCH3 is 2. The Labute approximate surface area is 165 Å². The molecule has 0 aliphatic heterocycles. The Morgan fingerprint density at radius 1 is 0.893 bits per heavy atom. The molecule has 0 spiro atoms. The molecule has 0 fully saturated rings. The van der Waals surface area contributed by atoms with Crippen LogP contribution in [0.15, 0.2) is 42.5 Å². The summed E-state index contributed by atoms with van der Waals surface area (Å²) in [6.07, 6.45) is 2.24. The Morgan fingerprint density at radius 3 is 2.25 bits per heavy atom. The standard InChI is InChI=1S/C21H26N2O5/c1-4-5-6-20(24)23-18-12-7-15(13-19(18)27-3)22-21(25)14-28-17-10-8-16(26-2)9-11-17/h7-13H,4-6,14H2,1-3H3,(H,22,25)(H,23,24). The average Bonchev–Trinajstić information content (AvgIpc) is 2.72. The van der Waals surface area contributed by atoms with E-state index in [1.807, 2.05) is 6.92 Å². The lowest BCUT2D eigenvalue weighted by atomic mass is 10.2. The molecule has 2 aromatic carbocycles. The van der Waals surface area contributed by atoms with Crippen LogP contribution < -0.4 is 24.8 Å². The summed E-state index contributed by atoms with van der Waals surface area (Å²) in [5, 5.41) is 5.56. The van der Waals surface area contributed by atoms with Crippen molar-refractivity contribution in [3.8, 4) is 17.2 Å². The zero-order chi connectivity index (χ0) is 20.4. The van der Waals surface area contributed by atoms with E-state index < -0.39 is 0 Å². The molecule has 0 radical (unpaired) electrons. The average molecular weight is 386 g/mol. The lowest BCUT2D eigenvalue weighted by Crippen LogP contribution is -2.20. The minimum Gasteiger partial charge on any atom is -0.497 e. The third-order valence-corrected chi connectivity index (χ3v) is 3.95. The topological polar surface area (TPSA) is 85.9 Å². The van der Waals surface area contributed by atoms with Gasteiger partial charge >= 0.3 is 0 Å². The first kappa shape index (κ1) is 21.1. The summed E-state index contributed by atoms with van der Waals surface area (Å²) in [4.78, 5) is 24.0. The van der Waals surface area contributed by atoms with Gasteiger partial charge in [0.25, 0.3) is 5.91 Å². The van der Waals surface area contributed by atoms with E-state index in [2.05, 4.69) is 10.6 Å². The second-order valence-electron chi connectivity index (χ2n) is 6.08. The largest absolute Gasteiger partial charge is 0.497 e. The Bertz CT molecular complexity index is 790. The molecule has 0 atom stereocenters. The van der Waals surface area contributed by atoms with Crippen molar-refractivity contribution < 1.29 is 23.8 Å². The van der Waals surface area contributed by atoms with Crippen LogP contribution in [0.3, 0.4) is 0 Å². The zero-order valence-corrected chi connectivity index (χ0v) is 16.4. The minimum absolute atomic E-state index is 0.0650. The van der Waals surface area contributed by atoms with Crippen molar-refractivity contribution in [1.82, 2.24) is 0 Å². The molecule has 7 heteroatoms. The highest BCUT2D eigenvalue weighted by Crippen LogP contribution is 2.28. The van der Waals surface area contributed by atoms with Crippen molar-refractivity contribution in [2.24, 2.45) is 0 Å². The van der Waals surface area contributed by atoms with Gasteiger partial charge in [-0.15, -0.1) is 0 Å². The molecule has 2 aromatic rings. The molecule has 0 saturated carbocycles. The molecule has 28 heavy (non-hydrogen) atoms. The molecule has 2 rings (SSSR count). The van der Waals surface area contributed by atoms with E-state index >= 15 is 0 Å². The van der Waals surface area contributed by atoms with Gasteiger partial charge in [0, 0.05) is 18.2 Å². The number of unbranched alkanes of at least 4 members (excludes halogenated alkanes) is 1. The van der Waals surface area contributed by atoms with Gasteiger partial charge < -0.3 is 24.8 Å². The number of anilines is 2. The monoisotopic (exact) mass is 386 g/mol. The minimum atomic E-state index is -0.308. The molecule has 150 valence electrons. The van der Waals surface area contributed by atoms with E-state index in [0.717, 1.165) is 12.8 Å². The molecule has 0 aliphatic rings. The van der Waals surface area contributed by atoms with Crippen molar-refractivity contribution in [1.29, 1.82) is 0 Å². The molecule has 7 nitrogen and oxygen atoms in total. The van der Waals surface area contributed by atoms with E-state index in [9.17, 15) is 9.59 Å². The normalized spacial score (nSPS) is 10.1. The van der Waals surface area contributed by atoms with Gasteiger partial charge in [0.2, 0.25) is 5.91 Å². The van der Waals surface area contributed by atoms with E-state index in [1.165, 1.54) is 7.11 Å². The number of ether oxygens (including phenoxy) is 3. The number of rotatable bonds is 10. The number of nitrogens with one attached hydrogen (secondary N) is 2. The van der Waals surface area contributed by atoms with Crippen molar-refractivity contribution in [3.63, 3.8) is 0 Å². The number of hydrogen-bond acceptors (Lipinski definition) is 5. The fourth-order valence-corrected chi connectivity index (χ4v) is 2.44. The van der Waals surface area contributed by atoms with Crippen molar-refractivity contribution in [2.45, 2.75) is 26.2 Å². The maximum absolute atomic E-state index is 12.1. The van der Waals surface area contributed by atoms with Crippen LogP contribution >= 0.6 is 0 Å². The fraction of sp³-hybridized carbons (Fsp3) is 0.333. The Morgan fingerprint density at radius 2 is 1.61 bits per heavy atom. The highest BCUT2D eigenvalue weighted by atomic mass is 16.5. The third kappa shape index (κ3) is 6.50. The van der Waals surface area contributed by atoms with Gasteiger partial charge in [-0.3, -0.25) is 9.59 Å². The molecule has 0 bridgehead atoms. The van der Waals surface area contributed by atoms with Crippen molar-refractivity contribution >= 4 is 23.2 Å². The summed E-state index contributed by atoms with van der Waals surface area (Å²) in [6.45, 7) is 1.90. The lowest BCUT2D eigenvalue weighted by Gasteiger charge is -2.13. The highest BCUT2D eigenvalue weighted by Gasteiger charge is 2.10. The van der Waals surface area contributed by atoms with Crippen molar-refractivity contribution in [3.05, 3.63) is 42.5 Å². The summed E-state index contributed by atoms with van der Waals surface area (Å²) < 4.78 is 15.8. The quantitative estimate of drug-likeness (QED) is 0.648. The second kappa shape index (κ2) is 10.8. The van der Waals surface area contributed by atoms with Crippen LogP contribution in [0.5, 0.6) is 17.2 Å². The van der Waals surface area contributed by atoms with Gasteiger partial charge in [-0.25, -0.2) is 0 Å². The molecular weight excluding hydrogens is 360 g/mol. The van der Waals surface area contributed by atoms with Crippen molar-refractivity contribution in [2.75, 3.05) is 31.5 Å². The van der Waals surface area contributed by atoms with Gasteiger partial charge in [0.1, 0.15) is 17.2 Å². The van der Waals surface area contributed by atoms with Crippen LogP contribution in [0.25, 0.3) is 0 Å². The summed E-state index contributed by atoms with van der Waals surface area (Å²) in [5.74, 6) is 1.38. The summed E-state index contributed by atoms with van der Waals surface area (Å²) in [7, 11) is 3.09. The number of carbonyl (C=O) groups is 2. The predicted molar refractivity (Wildman–Crippen MR) is 108 cm³/mol. The highest BCUT2D eigenvalue weighted by molar-refractivity contribution is 5.95. The molecule has 0 aliphatic carbocycles. The molecule has 0 heterocycles. The first-order valence-corrected chi connectivity index (χ1v) is 9.10. The fourth-order valence-electron chi connectivity index (χ4n) is 2.44. The molecule has 2 amide bonds. The zero-order valence-electron chi connectivity index (χ0n) is 16.4. The molecular formula is C21H26N2O5. The summed E-state index contributed by atoms with van der Waals surface area (Å²) in [6, 6.07) is 12.0. The van der Waals surface area contributed by atoms with E-state index in [4.69, 9.17) is 14.2 Å². The maximum atomic E-state index is 12.1. The summed E-state index contributed by atoms with van der Waals surface area (Å²) >= 11 is 0. The Kier molecular flexibility index (Phi) is 8.14. The van der Waals surface area contributed by atoms with Gasteiger partial charge in [-0.05, 0) is 42.8 Å². The first-order valence-electron chi connectivity index (χ1n) is 9.10. The number of hydrogen-bond donors (Lipinski definition) is 2. The predicted octanol–water partition coefficient (Wildman–Crippen LogP) is 3.85. The second-order valence-corrected chi connectivity index (χ2v) is 6.08. The number of benzene rings is 2. The third-order valence-electron chi connectivity index (χ3n) is 3.95. The van der Waals surface area contributed by atoms with Crippen LogP contribution in [0.1, 0.15) is 26.2 Å². The van der Waals surface area contributed by atoms with Gasteiger partial charge in [-0.2, -0.15) is 0 Å². The molecule has 0 saturated heterocycles. The number of carbonyl (C=O) groups excluding carboxylic acids is 2. The van der Waals surface area contributed by atoms with Crippen LogP contribution in [-0.4, -0.2) is 32.6 Å². The van der Waals surface area contributed by atoms with Gasteiger partial charge in [0.15, 0.2) is 6.61 Å². The Balaban J connectivity index is 1.91. The Hall–Kier alpha value is -3.22. The van der Waals surface area contributed by atoms with E-state index in [1.54, 1.807) is 49.6 Å². The van der Waals surface area contributed by atoms with Crippen LogP contribution in [0.4, 0.5) is 11.4 Å². The SMILES string of the molecule is CCCCC(=O)Nc1ccc(NC(=O)COc2ccc(OC)cc2)cc1OC. The van der Waals surface area contributed by atoms with E-state index in [0.29, 0.717) is 35.0 Å². The maximum Gasteiger partial charge on any atom is 0.262 e. The van der Waals surface area contributed by atoms with Crippen LogP contribution in [0.2, 0.25) is 0 Å². The molecule has 0 unspecified atom stereocenters.